The lowest BCUT2D eigenvalue weighted by atomic mass is 9.88. The number of thiazole rings is 1. The first kappa shape index (κ1) is 34.8. The lowest BCUT2D eigenvalue weighted by Crippen LogP contribution is -2.59. The van der Waals surface area contributed by atoms with E-state index in [1.54, 1.807) is 25.4 Å². The van der Waals surface area contributed by atoms with E-state index in [1.165, 1.54) is 16.2 Å². The summed E-state index contributed by atoms with van der Waals surface area (Å²) in [6.45, 7) is 5.38. The normalized spacial score (nSPS) is 31.3. The molecule has 0 radical (unpaired) electrons. The second-order valence-corrected chi connectivity index (χ2v) is 17.2. The topological polar surface area (TPSA) is 197 Å². The number of nitrogens with one attached hydrogen (secondary N) is 3. The molecule has 6 rings (SSSR count). The van der Waals surface area contributed by atoms with Gasteiger partial charge in [0.1, 0.15) is 28.7 Å². The van der Waals surface area contributed by atoms with E-state index >= 15 is 0 Å². The average molecular weight is 715 g/mol. The highest BCUT2D eigenvalue weighted by atomic mass is 32.2. The number of allylic oxidation sites excluding steroid dienone is 1. The zero-order chi connectivity index (χ0) is 35.1. The fraction of sp³-hybridized carbons (Fsp3) is 0.576. The van der Waals surface area contributed by atoms with Gasteiger partial charge < -0.3 is 25.4 Å². The summed E-state index contributed by atoms with van der Waals surface area (Å²) in [6.07, 6.45) is 8.09. The van der Waals surface area contributed by atoms with E-state index in [-0.39, 0.29) is 31.2 Å². The average Bonchev–Trinajstić information content (AvgIpc) is 3.79. The van der Waals surface area contributed by atoms with Gasteiger partial charge in [0.25, 0.3) is 5.91 Å². The highest BCUT2D eigenvalue weighted by Crippen LogP contribution is 2.47. The van der Waals surface area contributed by atoms with E-state index in [9.17, 15) is 32.7 Å². The van der Waals surface area contributed by atoms with Gasteiger partial charge >= 0.3 is 6.09 Å². The summed E-state index contributed by atoms with van der Waals surface area (Å²) >= 11 is 1.47. The molecule has 2 aromatic rings. The van der Waals surface area contributed by atoms with Crippen LogP contribution >= 0.6 is 11.3 Å². The molecular formula is C33H42N6O8S2. The Balaban J connectivity index is 1.29. The maximum Gasteiger partial charge on any atom is 0.405 e. The Morgan fingerprint density at radius 1 is 1.16 bits per heavy atom. The minimum Gasteiger partial charge on any atom is -0.472 e. The van der Waals surface area contributed by atoms with Crippen molar-refractivity contribution in [1.29, 1.82) is 0 Å². The Labute approximate surface area is 289 Å². The second kappa shape index (κ2) is 13.3. The van der Waals surface area contributed by atoms with Crippen LogP contribution in [0.15, 0.2) is 42.1 Å². The number of nitrogens with zero attached hydrogens (tertiary/aromatic N) is 3. The number of amides is 4. The second-order valence-electron chi connectivity index (χ2n) is 14.1. The predicted octanol–water partition coefficient (Wildman–Crippen LogP) is 3.08. The third kappa shape index (κ3) is 7.30. The summed E-state index contributed by atoms with van der Waals surface area (Å²) < 4.78 is 33.4. The number of pyridine rings is 1. The van der Waals surface area contributed by atoms with Gasteiger partial charge in [-0.15, -0.1) is 11.3 Å². The molecule has 2 saturated carbocycles. The van der Waals surface area contributed by atoms with Crippen LogP contribution < -0.4 is 20.1 Å². The Bertz CT molecular complexity index is 1730. The molecular weight excluding hydrogens is 673 g/mol. The molecule has 7 atom stereocenters. The first-order valence-corrected chi connectivity index (χ1v) is 19.0. The van der Waals surface area contributed by atoms with E-state index in [0.717, 1.165) is 17.0 Å². The molecule has 4 amide bonds. The first-order chi connectivity index (χ1) is 23.2. The van der Waals surface area contributed by atoms with Crippen molar-refractivity contribution in [3.05, 3.63) is 42.1 Å². The molecule has 4 heterocycles. The van der Waals surface area contributed by atoms with Gasteiger partial charge in [-0.1, -0.05) is 26.0 Å². The number of ether oxygens (including phenoxy) is 1. The molecule has 4 aliphatic rings. The molecule has 2 aromatic heterocycles. The molecule has 1 saturated heterocycles. The van der Waals surface area contributed by atoms with Crippen LogP contribution in [-0.4, -0.2) is 87.2 Å². The van der Waals surface area contributed by atoms with Crippen molar-refractivity contribution in [2.75, 3.05) is 6.54 Å². The van der Waals surface area contributed by atoms with Gasteiger partial charge in [0.15, 0.2) is 0 Å². The fourth-order valence-electron chi connectivity index (χ4n) is 6.84. The third-order valence-electron chi connectivity index (χ3n) is 10.2. The SMILES string of the molecule is C[C@@H]1CCC=C[C@@H]2C[C@@]2(C(=O)NS(=O)(=O)C2(C)CC2)NC(=O)[C@@H]2C[C@@H](Oc3ccc(-c4nccs4)cn3)CN2C(=O)[C@@H](NC(=O)O)[C@H](C)C1. The molecule has 4 N–H and O–H groups in total. The maximum atomic E-state index is 14.2. The smallest absolute Gasteiger partial charge is 0.405 e. The molecule has 0 aromatic carbocycles. The van der Waals surface area contributed by atoms with Gasteiger partial charge in [-0.05, 0) is 63.4 Å². The molecule has 2 aliphatic heterocycles. The van der Waals surface area contributed by atoms with Crippen LogP contribution in [0.25, 0.3) is 10.6 Å². The number of hydrogen-bond donors (Lipinski definition) is 4. The molecule has 16 heteroatoms. The number of sulfonamides is 1. The zero-order valence-electron chi connectivity index (χ0n) is 27.6. The van der Waals surface area contributed by atoms with Gasteiger partial charge in [-0.3, -0.25) is 19.1 Å². The minimum absolute atomic E-state index is 0.0344. The molecule has 3 fully saturated rings. The third-order valence-corrected chi connectivity index (χ3v) is 13.2. The van der Waals surface area contributed by atoms with Crippen LogP contribution in [0.2, 0.25) is 0 Å². The highest BCUT2D eigenvalue weighted by molar-refractivity contribution is 7.91. The lowest BCUT2D eigenvalue weighted by Gasteiger charge is -2.32. The summed E-state index contributed by atoms with van der Waals surface area (Å²) in [4.78, 5) is 64.0. The number of hydrogen-bond acceptors (Lipinski definition) is 10. The zero-order valence-corrected chi connectivity index (χ0v) is 29.3. The van der Waals surface area contributed by atoms with E-state index in [2.05, 4.69) is 25.3 Å². The van der Waals surface area contributed by atoms with Crippen molar-refractivity contribution < 1.29 is 37.4 Å². The number of carbonyl (C=O) groups excluding carboxylic acids is 3. The molecule has 0 bridgehead atoms. The van der Waals surface area contributed by atoms with Gasteiger partial charge in [0, 0.05) is 41.7 Å². The van der Waals surface area contributed by atoms with Gasteiger partial charge in [-0.25, -0.2) is 23.2 Å². The van der Waals surface area contributed by atoms with Crippen LogP contribution in [0.1, 0.15) is 65.7 Å². The number of aromatic nitrogens is 2. The van der Waals surface area contributed by atoms with E-state index in [0.29, 0.717) is 25.7 Å². The maximum absolute atomic E-state index is 14.2. The van der Waals surface area contributed by atoms with Crippen LogP contribution in [0.3, 0.4) is 0 Å². The summed E-state index contributed by atoms with van der Waals surface area (Å²) in [7, 11) is -3.98. The first-order valence-electron chi connectivity index (χ1n) is 16.6. The molecule has 0 unspecified atom stereocenters. The van der Waals surface area contributed by atoms with Crippen molar-refractivity contribution in [2.45, 2.75) is 94.2 Å². The number of carboxylic acid groups (broad SMARTS) is 1. The molecule has 0 spiro atoms. The summed E-state index contributed by atoms with van der Waals surface area (Å²) in [5, 5.41) is 17.6. The van der Waals surface area contributed by atoms with Crippen LogP contribution in [0.4, 0.5) is 4.79 Å². The number of fused-ring (bicyclic) bond motifs is 2. The van der Waals surface area contributed by atoms with Crippen LogP contribution in [-0.2, 0) is 24.4 Å². The summed E-state index contributed by atoms with van der Waals surface area (Å²) in [6, 6.07) is 1.21. The molecule has 14 nitrogen and oxygen atoms in total. The highest BCUT2D eigenvalue weighted by Gasteiger charge is 2.63. The minimum atomic E-state index is -3.98. The van der Waals surface area contributed by atoms with Crippen molar-refractivity contribution >= 4 is 45.2 Å². The van der Waals surface area contributed by atoms with E-state index in [4.69, 9.17) is 4.74 Å². The molecule has 2 aliphatic carbocycles. The molecule has 49 heavy (non-hydrogen) atoms. The van der Waals surface area contributed by atoms with Gasteiger partial charge in [-0.2, -0.15) is 0 Å². The van der Waals surface area contributed by atoms with Crippen molar-refractivity contribution in [3.8, 4) is 16.5 Å². The fourth-order valence-corrected chi connectivity index (χ4v) is 8.78. The summed E-state index contributed by atoms with van der Waals surface area (Å²) in [5.74, 6) is -2.48. The largest absolute Gasteiger partial charge is 0.472 e. The lowest BCUT2D eigenvalue weighted by molar-refractivity contribution is -0.142. The number of carbonyl (C=O) groups is 4. The van der Waals surface area contributed by atoms with Crippen LogP contribution in [0.5, 0.6) is 5.88 Å². The Kier molecular flexibility index (Phi) is 9.48. The predicted molar refractivity (Wildman–Crippen MR) is 180 cm³/mol. The monoisotopic (exact) mass is 714 g/mol. The number of rotatable bonds is 7. The van der Waals surface area contributed by atoms with Gasteiger partial charge in [0.05, 0.1) is 11.3 Å². The standard InChI is InChI=1S/C33H42N6O8S2/c1-19-6-4-5-7-22-16-33(22,30(42)38-49(45,46)32(3)10-11-32)37-27(40)24-15-23(18-39(24)29(41)26(20(2)14-19)36-31(43)44)47-25-9-8-21(17-35-25)28-34-12-13-48-28/h5,7-9,12-13,17,19-20,22-24,26,36H,4,6,10-11,14-16,18H2,1-3H3,(H,37,40)(H,38,42)(H,43,44)/t19-,20-,22-,23-,24+,26+,33-/m1/s1. The summed E-state index contributed by atoms with van der Waals surface area (Å²) in [5.41, 5.74) is -0.721. The quantitative estimate of drug-likeness (QED) is 0.310. The van der Waals surface area contributed by atoms with Crippen molar-refractivity contribution in [2.24, 2.45) is 17.8 Å². The van der Waals surface area contributed by atoms with Crippen LogP contribution in [0, 0.1) is 17.8 Å². The van der Waals surface area contributed by atoms with Gasteiger partial charge in [0.2, 0.25) is 27.7 Å². The Morgan fingerprint density at radius 2 is 1.94 bits per heavy atom. The van der Waals surface area contributed by atoms with Crippen molar-refractivity contribution in [3.63, 3.8) is 0 Å². The van der Waals surface area contributed by atoms with E-state index < -0.39 is 74.1 Å². The van der Waals surface area contributed by atoms with Crippen molar-refractivity contribution in [1.82, 2.24) is 30.2 Å². The Hall–Kier alpha value is -4.05. The van der Waals surface area contributed by atoms with E-state index in [1.807, 2.05) is 37.4 Å². The Morgan fingerprint density at radius 3 is 2.59 bits per heavy atom. The molecule has 264 valence electrons.